The lowest BCUT2D eigenvalue weighted by Gasteiger charge is -2.37. The summed E-state index contributed by atoms with van der Waals surface area (Å²) in [5.41, 5.74) is 0.634. The van der Waals surface area contributed by atoms with Crippen LogP contribution >= 0.6 is 0 Å². The molecule has 0 bridgehead atoms. The summed E-state index contributed by atoms with van der Waals surface area (Å²) >= 11 is 0. The minimum Gasteiger partial charge on any atom is -0.343 e. The van der Waals surface area contributed by atoms with E-state index < -0.39 is 0 Å². The Morgan fingerprint density at radius 2 is 1.47 bits per heavy atom. The van der Waals surface area contributed by atoms with Crippen molar-refractivity contribution in [2.75, 3.05) is 26.2 Å². The van der Waals surface area contributed by atoms with Gasteiger partial charge in [-0.15, -0.1) is 0 Å². The van der Waals surface area contributed by atoms with E-state index in [1.54, 1.807) is 6.92 Å². The Labute approximate surface area is 115 Å². The third kappa shape index (κ3) is 2.63. The van der Waals surface area contributed by atoms with Gasteiger partial charge in [-0.3, -0.25) is 9.59 Å². The van der Waals surface area contributed by atoms with Crippen LogP contribution in [0.2, 0.25) is 0 Å². The first-order valence-electron chi connectivity index (χ1n) is 7.64. The van der Waals surface area contributed by atoms with Crippen molar-refractivity contribution in [1.82, 2.24) is 9.80 Å². The monoisotopic (exact) mass is 264 g/mol. The molecule has 3 fully saturated rings. The summed E-state index contributed by atoms with van der Waals surface area (Å²) in [6.45, 7) is 5.05. The highest BCUT2D eigenvalue weighted by Gasteiger charge is 2.45. The summed E-state index contributed by atoms with van der Waals surface area (Å²) in [7, 11) is 0. The summed E-state index contributed by atoms with van der Waals surface area (Å²) < 4.78 is 0. The smallest absolute Gasteiger partial charge is 0.225 e. The highest BCUT2D eigenvalue weighted by atomic mass is 16.2. The first kappa shape index (κ1) is 12.9. The number of carbonyl (C=O) groups is 2. The van der Waals surface area contributed by atoms with Crippen molar-refractivity contribution in [1.29, 1.82) is 0 Å². The fourth-order valence-electron chi connectivity index (χ4n) is 3.58. The molecule has 4 heteroatoms. The summed E-state index contributed by atoms with van der Waals surface area (Å²) in [5.74, 6) is 0.641. The maximum absolute atomic E-state index is 12.5. The van der Waals surface area contributed by atoms with Gasteiger partial charge in [0.2, 0.25) is 11.8 Å². The van der Waals surface area contributed by atoms with Crippen LogP contribution in [-0.4, -0.2) is 47.8 Å². The van der Waals surface area contributed by atoms with Gasteiger partial charge in [-0.1, -0.05) is 0 Å². The van der Waals surface area contributed by atoms with E-state index in [4.69, 9.17) is 0 Å². The van der Waals surface area contributed by atoms with Gasteiger partial charge < -0.3 is 9.80 Å². The number of piperidine rings is 2. The van der Waals surface area contributed by atoms with Crippen molar-refractivity contribution in [2.45, 2.75) is 45.4 Å². The van der Waals surface area contributed by atoms with E-state index in [0.717, 1.165) is 39.0 Å². The minimum absolute atomic E-state index is 0.138. The Morgan fingerprint density at radius 1 is 0.895 bits per heavy atom. The second kappa shape index (κ2) is 4.80. The van der Waals surface area contributed by atoms with Crippen LogP contribution in [-0.2, 0) is 9.59 Å². The molecule has 4 nitrogen and oxygen atoms in total. The zero-order valence-electron chi connectivity index (χ0n) is 11.9. The van der Waals surface area contributed by atoms with Crippen molar-refractivity contribution < 1.29 is 9.59 Å². The average molecular weight is 264 g/mol. The molecule has 1 saturated carbocycles. The molecule has 1 spiro atoms. The summed E-state index contributed by atoms with van der Waals surface area (Å²) in [5, 5.41) is 0. The Morgan fingerprint density at radius 3 is 1.95 bits per heavy atom. The van der Waals surface area contributed by atoms with Gasteiger partial charge in [-0.2, -0.15) is 0 Å². The van der Waals surface area contributed by atoms with Crippen LogP contribution < -0.4 is 0 Å². The maximum Gasteiger partial charge on any atom is 0.225 e. The standard InChI is InChI=1S/C15H24N2O2/c1-12(18)16-8-2-13(3-9-16)14(19)17-10-6-15(4-5-15)7-11-17/h13H,2-11H2,1H3. The molecule has 0 aromatic carbocycles. The molecule has 2 amide bonds. The number of nitrogens with zero attached hydrogens (tertiary/aromatic N) is 2. The van der Waals surface area contributed by atoms with Crippen molar-refractivity contribution in [3.63, 3.8) is 0 Å². The van der Waals surface area contributed by atoms with Crippen molar-refractivity contribution in [3.8, 4) is 0 Å². The zero-order valence-corrected chi connectivity index (χ0v) is 11.9. The molecule has 106 valence electrons. The quantitative estimate of drug-likeness (QED) is 0.722. The molecule has 0 aromatic rings. The van der Waals surface area contributed by atoms with E-state index in [1.807, 2.05) is 4.90 Å². The third-order valence-electron chi connectivity index (χ3n) is 5.38. The fraction of sp³-hybridized carbons (Fsp3) is 0.867. The van der Waals surface area contributed by atoms with E-state index in [1.165, 1.54) is 25.7 Å². The molecule has 0 radical (unpaired) electrons. The average Bonchev–Trinajstić information content (AvgIpc) is 3.18. The van der Waals surface area contributed by atoms with Gasteiger partial charge in [0.15, 0.2) is 0 Å². The number of amides is 2. The molecule has 0 N–H and O–H groups in total. The maximum atomic E-state index is 12.5. The largest absolute Gasteiger partial charge is 0.343 e. The molecular formula is C15H24N2O2. The molecule has 1 aliphatic carbocycles. The minimum atomic E-state index is 0.138. The predicted molar refractivity (Wildman–Crippen MR) is 72.5 cm³/mol. The topological polar surface area (TPSA) is 40.6 Å². The molecule has 0 unspecified atom stereocenters. The molecule has 2 aliphatic heterocycles. The van der Waals surface area contributed by atoms with Crippen molar-refractivity contribution in [3.05, 3.63) is 0 Å². The SMILES string of the molecule is CC(=O)N1CCC(C(=O)N2CCC3(CC2)CC3)CC1. The van der Waals surface area contributed by atoms with E-state index in [9.17, 15) is 9.59 Å². The number of hydrogen-bond donors (Lipinski definition) is 0. The van der Waals surface area contributed by atoms with E-state index in [2.05, 4.69) is 4.90 Å². The van der Waals surface area contributed by atoms with Crippen molar-refractivity contribution >= 4 is 11.8 Å². The van der Waals surface area contributed by atoms with Crippen molar-refractivity contribution in [2.24, 2.45) is 11.3 Å². The molecular weight excluding hydrogens is 240 g/mol. The van der Waals surface area contributed by atoms with Gasteiger partial charge in [-0.05, 0) is 43.9 Å². The Bertz CT molecular complexity index is 372. The summed E-state index contributed by atoms with van der Waals surface area (Å²) in [4.78, 5) is 27.7. The lowest BCUT2D eigenvalue weighted by atomic mass is 9.90. The van der Waals surface area contributed by atoms with E-state index in [-0.39, 0.29) is 11.8 Å². The van der Waals surface area contributed by atoms with Crippen LogP contribution in [0.5, 0.6) is 0 Å². The first-order valence-corrected chi connectivity index (χ1v) is 7.64. The molecule has 2 saturated heterocycles. The van der Waals surface area contributed by atoms with E-state index >= 15 is 0 Å². The van der Waals surface area contributed by atoms with Gasteiger partial charge >= 0.3 is 0 Å². The lowest BCUT2D eigenvalue weighted by Crippen LogP contribution is -2.46. The summed E-state index contributed by atoms with van der Waals surface area (Å²) in [6, 6.07) is 0. The number of hydrogen-bond acceptors (Lipinski definition) is 2. The lowest BCUT2D eigenvalue weighted by molar-refractivity contribution is -0.141. The first-order chi connectivity index (χ1) is 9.10. The molecule has 3 aliphatic rings. The number of likely N-dealkylation sites (tertiary alicyclic amines) is 2. The second-order valence-corrected chi connectivity index (χ2v) is 6.61. The molecule has 2 heterocycles. The highest BCUT2D eigenvalue weighted by molar-refractivity contribution is 5.80. The van der Waals surface area contributed by atoms with E-state index in [0.29, 0.717) is 11.3 Å². The molecule has 0 aromatic heterocycles. The Balaban J connectivity index is 1.49. The zero-order chi connectivity index (χ0) is 13.5. The van der Waals surface area contributed by atoms with Gasteiger partial charge in [0.25, 0.3) is 0 Å². The van der Waals surface area contributed by atoms with Gasteiger partial charge in [0.1, 0.15) is 0 Å². The molecule has 19 heavy (non-hydrogen) atoms. The van der Waals surface area contributed by atoms with Crippen LogP contribution in [0.15, 0.2) is 0 Å². The Hall–Kier alpha value is -1.06. The van der Waals surface area contributed by atoms with Crippen LogP contribution in [0.4, 0.5) is 0 Å². The fourth-order valence-corrected chi connectivity index (χ4v) is 3.58. The number of carbonyl (C=O) groups excluding carboxylic acids is 2. The van der Waals surface area contributed by atoms with Crippen LogP contribution in [0.3, 0.4) is 0 Å². The Kier molecular flexibility index (Phi) is 3.27. The van der Waals surface area contributed by atoms with Crippen LogP contribution in [0.25, 0.3) is 0 Å². The predicted octanol–water partition coefficient (Wildman–Crippen LogP) is 1.65. The van der Waals surface area contributed by atoms with Gasteiger partial charge in [0, 0.05) is 39.0 Å². The van der Waals surface area contributed by atoms with Gasteiger partial charge in [-0.25, -0.2) is 0 Å². The molecule has 3 rings (SSSR count). The summed E-state index contributed by atoms with van der Waals surface area (Å²) in [6.07, 6.45) is 6.88. The highest BCUT2D eigenvalue weighted by Crippen LogP contribution is 2.53. The van der Waals surface area contributed by atoms with Crippen LogP contribution in [0.1, 0.15) is 45.4 Å². The van der Waals surface area contributed by atoms with Gasteiger partial charge in [0.05, 0.1) is 0 Å². The second-order valence-electron chi connectivity index (χ2n) is 6.61. The third-order valence-corrected chi connectivity index (χ3v) is 5.38. The normalized spacial score (nSPS) is 26.6. The number of rotatable bonds is 1. The molecule has 0 atom stereocenters. The van der Waals surface area contributed by atoms with Crippen LogP contribution in [0, 0.1) is 11.3 Å².